The van der Waals surface area contributed by atoms with E-state index in [0.717, 1.165) is 0 Å². The number of amides is 1. The highest BCUT2D eigenvalue weighted by Gasteiger charge is 2.22. The smallest absolute Gasteiger partial charge is 0.225 e. The lowest BCUT2D eigenvalue weighted by molar-refractivity contribution is -0.129. The predicted octanol–water partition coefficient (Wildman–Crippen LogP) is 2.97. The molecule has 0 bridgehead atoms. The third-order valence-electron chi connectivity index (χ3n) is 2.07. The first kappa shape index (κ1) is 11.2. The highest BCUT2D eigenvalue weighted by Crippen LogP contribution is 2.19. The molecule has 0 fully saturated rings. The highest BCUT2D eigenvalue weighted by atomic mass is 32.1. The van der Waals surface area contributed by atoms with E-state index in [-0.39, 0.29) is 17.4 Å². The summed E-state index contributed by atoms with van der Waals surface area (Å²) in [6.45, 7) is 7.76. The topological polar surface area (TPSA) is 29.1 Å². The van der Waals surface area contributed by atoms with Crippen LogP contribution in [0.4, 0.5) is 0 Å². The normalized spacial score (nSPS) is 13.7. The first-order valence-electron chi connectivity index (χ1n) is 4.74. The maximum absolute atomic E-state index is 11.7. The molecule has 78 valence electrons. The Hall–Kier alpha value is -0.830. The summed E-state index contributed by atoms with van der Waals surface area (Å²) in [4.78, 5) is 11.7. The van der Waals surface area contributed by atoms with E-state index in [1.54, 1.807) is 11.3 Å². The number of nitrogens with one attached hydrogen (secondary N) is 1. The van der Waals surface area contributed by atoms with Crippen LogP contribution in [0.5, 0.6) is 0 Å². The highest BCUT2D eigenvalue weighted by molar-refractivity contribution is 7.07. The van der Waals surface area contributed by atoms with Crippen molar-refractivity contribution in [3.63, 3.8) is 0 Å². The van der Waals surface area contributed by atoms with Gasteiger partial charge in [0.1, 0.15) is 0 Å². The molecule has 1 atom stereocenters. The van der Waals surface area contributed by atoms with Gasteiger partial charge in [-0.3, -0.25) is 4.79 Å². The van der Waals surface area contributed by atoms with Crippen LogP contribution in [0.15, 0.2) is 16.8 Å². The molecular weight excluding hydrogens is 194 g/mol. The van der Waals surface area contributed by atoms with Crippen molar-refractivity contribution in [3.05, 3.63) is 22.4 Å². The molecule has 1 aromatic rings. The maximum Gasteiger partial charge on any atom is 0.225 e. The van der Waals surface area contributed by atoms with Crippen LogP contribution in [-0.2, 0) is 4.79 Å². The van der Waals surface area contributed by atoms with Crippen molar-refractivity contribution in [2.24, 2.45) is 5.41 Å². The van der Waals surface area contributed by atoms with Crippen LogP contribution < -0.4 is 5.32 Å². The van der Waals surface area contributed by atoms with Crippen LogP contribution in [-0.4, -0.2) is 5.91 Å². The molecule has 0 aliphatic rings. The van der Waals surface area contributed by atoms with E-state index < -0.39 is 0 Å². The molecule has 1 N–H and O–H groups in total. The zero-order valence-corrected chi connectivity index (χ0v) is 9.94. The summed E-state index contributed by atoms with van der Waals surface area (Å²) >= 11 is 1.65. The molecule has 1 heterocycles. The Morgan fingerprint density at radius 2 is 2.14 bits per heavy atom. The summed E-state index contributed by atoms with van der Waals surface area (Å²) in [5.74, 6) is 0.0937. The minimum Gasteiger partial charge on any atom is -0.349 e. The molecule has 1 amide bonds. The molecule has 2 nitrogen and oxygen atoms in total. The van der Waals surface area contributed by atoms with E-state index in [2.05, 4.69) is 10.7 Å². The van der Waals surface area contributed by atoms with E-state index in [4.69, 9.17) is 0 Å². The minimum atomic E-state index is -0.315. The van der Waals surface area contributed by atoms with Gasteiger partial charge in [0.25, 0.3) is 0 Å². The van der Waals surface area contributed by atoms with E-state index in [0.29, 0.717) is 0 Å². The van der Waals surface area contributed by atoms with Crippen LogP contribution in [0.1, 0.15) is 39.3 Å². The fourth-order valence-corrected chi connectivity index (χ4v) is 1.77. The summed E-state index contributed by atoms with van der Waals surface area (Å²) in [7, 11) is 0. The summed E-state index contributed by atoms with van der Waals surface area (Å²) in [6, 6.07) is 2.14. The lowest BCUT2D eigenvalue weighted by atomic mass is 9.95. The summed E-state index contributed by atoms with van der Waals surface area (Å²) in [5, 5.41) is 7.08. The SMILES string of the molecule is CC(NC(=O)C(C)(C)C)c1ccsc1. The van der Waals surface area contributed by atoms with Crippen molar-refractivity contribution < 1.29 is 4.79 Å². The summed E-state index contributed by atoms with van der Waals surface area (Å²) in [5.41, 5.74) is 0.859. The molecule has 0 saturated heterocycles. The molecule has 0 aliphatic heterocycles. The second-order valence-corrected chi connectivity index (χ2v) is 5.28. The number of rotatable bonds is 2. The Morgan fingerprint density at radius 3 is 2.57 bits per heavy atom. The Labute approximate surface area is 89.3 Å². The fraction of sp³-hybridized carbons (Fsp3) is 0.545. The van der Waals surface area contributed by atoms with Gasteiger partial charge in [0.15, 0.2) is 0 Å². The monoisotopic (exact) mass is 211 g/mol. The first-order chi connectivity index (χ1) is 6.41. The van der Waals surface area contributed by atoms with Crippen LogP contribution in [0.2, 0.25) is 0 Å². The van der Waals surface area contributed by atoms with Gasteiger partial charge in [0.2, 0.25) is 5.91 Å². The van der Waals surface area contributed by atoms with Crippen molar-refractivity contribution in [2.45, 2.75) is 33.7 Å². The zero-order valence-electron chi connectivity index (χ0n) is 9.13. The first-order valence-corrected chi connectivity index (χ1v) is 5.68. The molecule has 0 aromatic carbocycles. The average Bonchev–Trinajstić information content (AvgIpc) is 2.53. The number of hydrogen-bond donors (Lipinski definition) is 1. The summed E-state index contributed by atoms with van der Waals surface area (Å²) < 4.78 is 0. The number of carbonyl (C=O) groups is 1. The van der Waals surface area contributed by atoms with Crippen LogP contribution >= 0.6 is 11.3 Å². The molecule has 1 unspecified atom stereocenters. The lowest BCUT2D eigenvalue weighted by Crippen LogP contribution is -2.36. The maximum atomic E-state index is 11.7. The van der Waals surface area contributed by atoms with E-state index >= 15 is 0 Å². The second-order valence-electron chi connectivity index (χ2n) is 4.50. The van der Waals surface area contributed by atoms with Gasteiger partial charge >= 0.3 is 0 Å². The van der Waals surface area contributed by atoms with Crippen LogP contribution in [0.3, 0.4) is 0 Å². The molecule has 1 aromatic heterocycles. The third-order valence-corrected chi connectivity index (χ3v) is 2.77. The number of hydrogen-bond acceptors (Lipinski definition) is 2. The van der Waals surface area contributed by atoms with E-state index in [9.17, 15) is 4.79 Å². The number of carbonyl (C=O) groups excluding carboxylic acids is 1. The standard InChI is InChI=1S/C11H17NOS/c1-8(9-5-6-14-7-9)12-10(13)11(2,3)4/h5-8H,1-4H3,(H,12,13). The summed E-state index contributed by atoms with van der Waals surface area (Å²) in [6.07, 6.45) is 0. The third kappa shape index (κ3) is 2.84. The average molecular weight is 211 g/mol. The van der Waals surface area contributed by atoms with Crippen molar-refractivity contribution >= 4 is 17.2 Å². The molecule has 0 saturated carbocycles. The number of thiophene rings is 1. The van der Waals surface area contributed by atoms with Gasteiger partial charge in [0, 0.05) is 5.41 Å². The molecule has 14 heavy (non-hydrogen) atoms. The van der Waals surface area contributed by atoms with Gasteiger partial charge in [-0.1, -0.05) is 20.8 Å². The predicted molar refractivity (Wildman–Crippen MR) is 60.3 cm³/mol. The van der Waals surface area contributed by atoms with E-state index in [1.165, 1.54) is 5.56 Å². The fourth-order valence-electron chi connectivity index (χ4n) is 1.02. The van der Waals surface area contributed by atoms with Crippen molar-refractivity contribution in [1.82, 2.24) is 5.32 Å². The van der Waals surface area contributed by atoms with Gasteiger partial charge in [-0.2, -0.15) is 11.3 Å². The molecule has 0 spiro atoms. The van der Waals surface area contributed by atoms with Crippen molar-refractivity contribution in [3.8, 4) is 0 Å². The Morgan fingerprint density at radius 1 is 1.50 bits per heavy atom. The Balaban J connectivity index is 2.58. The Kier molecular flexibility index (Phi) is 3.32. The van der Waals surface area contributed by atoms with Crippen LogP contribution in [0.25, 0.3) is 0 Å². The zero-order chi connectivity index (χ0) is 10.8. The second kappa shape index (κ2) is 4.13. The Bertz CT molecular complexity index is 298. The van der Waals surface area contributed by atoms with Gasteiger partial charge in [-0.25, -0.2) is 0 Å². The minimum absolute atomic E-state index is 0.0937. The van der Waals surface area contributed by atoms with Gasteiger partial charge in [0.05, 0.1) is 6.04 Å². The largest absolute Gasteiger partial charge is 0.349 e. The molecule has 0 radical (unpaired) electrons. The van der Waals surface area contributed by atoms with Gasteiger partial charge in [-0.05, 0) is 29.3 Å². The van der Waals surface area contributed by atoms with Crippen molar-refractivity contribution in [1.29, 1.82) is 0 Å². The molecule has 3 heteroatoms. The van der Waals surface area contributed by atoms with Crippen molar-refractivity contribution in [2.75, 3.05) is 0 Å². The molecule has 0 aliphatic carbocycles. The lowest BCUT2D eigenvalue weighted by Gasteiger charge is -2.21. The molecule has 1 rings (SSSR count). The van der Waals surface area contributed by atoms with Crippen LogP contribution in [0, 0.1) is 5.41 Å². The molecular formula is C11H17NOS. The van der Waals surface area contributed by atoms with E-state index in [1.807, 2.05) is 39.1 Å². The van der Waals surface area contributed by atoms with Gasteiger partial charge in [-0.15, -0.1) is 0 Å². The quantitative estimate of drug-likeness (QED) is 0.800. The van der Waals surface area contributed by atoms with Gasteiger partial charge < -0.3 is 5.32 Å².